The van der Waals surface area contributed by atoms with Crippen LogP contribution >= 0.6 is 0 Å². The molecular formula is C61H75N5O16. The zero-order valence-electron chi connectivity index (χ0n) is 47.6. The molecule has 4 aromatic carbocycles. The first kappa shape index (κ1) is 61.3. The molecule has 3 aliphatic rings. The fourth-order valence-corrected chi connectivity index (χ4v) is 10.6. The van der Waals surface area contributed by atoms with Gasteiger partial charge in [0.25, 0.3) is 23.6 Å². The third-order valence-corrected chi connectivity index (χ3v) is 14.9. The lowest BCUT2D eigenvalue weighted by Crippen LogP contribution is -2.54. The van der Waals surface area contributed by atoms with E-state index in [1.807, 2.05) is 31.2 Å². The van der Waals surface area contributed by atoms with Crippen molar-refractivity contribution >= 4 is 47.3 Å². The van der Waals surface area contributed by atoms with Gasteiger partial charge in [-0.2, -0.15) is 0 Å². The zero-order valence-corrected chi connectivity index (χ0v) is 47.6. The molecular weight excluding hydrogens is 1060 g/mol. The number of methoxy groups -OCH3 is 5. The molecule has 2 saturated heterocycles. The van der Waals surface area contributed by atoms with Crippen molar-refractivity contribution in [3.8, 4) is 40.2 Å². The van der Waals surface area contributed by atoms with E-state index in [1.165, 1.54) is 39.5 Å². The number of hydrogen-bond donors (Lipinski definition) is 3. The minimum Gasteiger partial charge on any atom is -0.493 e. The Morgan fingerprint density at radius 2 is 1.32 bits per heavy atom. The van der Waals surface area contributed by atoms with E-state index < -0.39 is 59.6 Å². The molecule has 21 nitrogen and oxygen atoms in total. The second kappa shape index (κ2) is 29.9. The molecule has 440 valence electrons. The molecule has 3 aliphatic heterocycles. The molecule has 7 rings (SSSR count). The minimum atomic E-state index is -1.11. The molecule has 0 aliphatic carbocycles. The Bertz CT molecular complexity index is 2920. The van der Waals surface area contributed by atoms with E-state index in [0.29, 0.717) is 90.9 Å². The Labute approximate surface area is 477 Å². The predicted molar refractivity (Wildman–Crippen MR) is 299 cm³/mol. The molecule has 0 spiro atoms. The second-order valence-electron chi connectivity index (χ2n) is 20.2. The Morgan fingerprint density at radius 1 is 0.659 bits per heavy atom. The Balaban J connectivity index is 0.854. The number of amides is 7. The van der Waals surface area contributed by atoms with Crippen molar-refractivity contribution in [2.45, 2.75) is 121 Å². The lowest BCUT2D eigenvalue weighted by atomic mass is 9.91. The van der Waals surface area contributed by atoms with Crippen molar-refractivity contribution in [2.24, 2.45) is 0 Å². The number of rotatable bonds is 30. The summed E-state index contributed by atoms with van der Waals surface area (Å²) < 4.78 is 45.8. The number of nitrogens with one attached hydrogen (secondary N) is 3. The van der Waals surface area contributed by atoms with Crippen LogP contribution in [0.4, 0.5) is 0 Å². The van der Waals surface area contributed by atoms with Crippen molar-refractivity contribution in [3.63, 3.8) is 0 Å². The van der Waals surface area contributed by atoms with E-state index >= 15 is 0 Å². The van der Waals surface area contributed by atoms with Gasteiger partial charge in [-0.1, -0.05) is 56.9 Å². The van der Waals surface area contributed by atoms with Crippen LogP contribution in [0.3, 0.4) is 0 Å². The van der Waals surface area contributed by atoms with Gasteiger partial charge in [-0.3, -0.25) is 43.8 Å². The third-order valence-electron chi connectivity index (χ3n) is 14.9. The molecule has 21 heteroatoms. The zero-order chi connectivity index (χ0) is 58.7. The highest BCUT2D eigenvalue weighted by Gasteiger charge is 2.46. The standard InChI is InChI=1S/C61H75N5O16/c1-7-42(40-34-50(77-4)56(79-6)51(35-40)78-5)58(71)65-31-15-12-21-45(65)61(74)82-46(26-23-38-24-27-47(75-2)49(32-38)76-3)39-18-16-19-41(33-39)80-36-53(68)62-29-13-10-8-9-11-14-30-63-54(69)37-81-48-22-17-20-43-55(48)60(73)66(59(43)72)44-25-28-52(67)64-57(44)70/h16-20,22,24,27,32-35,42,44-46H,7-15,21,23,25-26,28-31,36-37H2,1-6H3,(H,62,68)(H,63,69)(H,64,67,70)/t42-,44?,45-,46+/m0/s1. The first-order valence-corrected chi connectivity index (χ1v) is 28.0. The summed E-state index contributed by atoms with van der Waals surface area (Å²) in [5.41, 5.74) is 2.30. The van der Waals surface area contributed by atoms with E-state index in [1.54, 1.807) is 49.5 Å². The molecule has 7 amide bonds. The van der Waals surface area contributed by atoms with Crippen LogP contribution in [0.25, 0.3) is 0 Å². The Morgan fingerprint density at radius 3 is 1.96 bits per heavy atom. The quantitative estimate of drug-likeness (QED) is 0.0271. The molecule has 1 unspecified atom stereocenters. The largest absolute Gasteiger partial charge is 0.493 e. The first-order valence-electron chi connectivity index (χ1n) is 28.0. The summed E-state index contributed by atoms with van der Waals surface area (Å²) in [5, 5.41) is 7.90. The van der Waals surface area contributed by atoms with Gasteiger partial charge < -0.3 is 53.4 Å². The summed E-state index contributed by atoms with van der Waals surface area (Å²) in [6.45, 7) is 2.59. The number of aryl methyl sites for hydroxylation is 1. The Kier molecular flexibility index (Phi) is 22.3. The van der Waals surface area contributed by atoms with Crippen molar-refractivity contribution in [2.75, 3.05) is 68.4 Å². The lowest BCUT2D eigenvalue weighted by molar-refractivity contribution is -0.162. The maximum atomic E-state index is 14.5. The van der Waals surface area contributed by atoms with Gasteiger partial charge in [0, 0.05) is 26.1 Å². The maximum absolute atomic E-state index is 14.5. The summed E-state index contributed by atoms with van der Waals surface area (Å²) in [7, 11) is 7.70. The summed E-state index contributed by atoms with van der Waals surface area (Å²) in [6, 6.07) is 18.9. The van der Waals surface area contributed by atoms with E-state index in [9.17, 15) is 38.4 Å². The highest BCUT2D eigenvalue weighted by Crippen LogP contribution is 2.42. The van der Waals surface area contributed by atoms with Crippen LogP contribution in [0.15, 0.2) is 72.8 Å². The van der Waals surface area contributed by atoms with E-state index in [4.69, 9.17) is 37.9 Å². The SMILES string of the molecule is CC[C@H](C(=O)N1CCCC[C@H]1C(=O)O[C@H](CCc1ccc(OC)c(OC)c1)c1cccc(OCC(=O)NCCCCCCCCNC(=O)COc2cccc3c2C(=O)N(C2CCC(=O)NC2=O)C3=O)c1)c1cc(OC)c(OC)c(OC)c1. The molecule has 0 saturated carbocycles. The van der Waals surface area contributed by atoms with Crippen molar-refractivity contribution in [1.82, 2.24) is 25.8 Å². The minimum absolute atomic E-state index is 0.000175. The molecule has 4 atom stereocenters. The molecule has 2 fully saturated rings. The van der Waals surface area contributed by atoms with Crippen LogP contribution in [0, 0.1) is 0 Å². The monoisotopic (exact) mass is 1130 g/mol. The molecule has 4 aromatic rings. The second-order valence-corrected chi connectivity index (χ2v) is 20.2. The molecule has 3 N–H and O–H groups in total. The van der Waals surface area contributed by atoms with Crippen LogP contribution in [0.5, 0.6) is 40.2 Å². The van der Waals surface area contributed by atoms with Crippen molar-refractivity contribution in [1.29, 1.82) is 0 Å². The molecule has 3 heterocycles. The summed E-state index contributed by atoms with van der Waals surface area (Å²) >= 11 is 0. The van der Waals surface area contributed by atoms with E-state index in [-0.39, 0.29) is 54.7 Å². The van der Waals surface area contributed by atoms with Gasteiger partial charge in [-0.25, -0.2) is 4.79 Å². The number of unbranched alkanes of at least 4 members (excludes halogenated alkanes) is 5. The van der Waals surface area contributed by atoms with Gasteiger partial charge >= 0.3 is 5.97 Å². The number of imide groups is 2. The summed E-state index contributed by atoms with van der Waals surface area (Å²) in [4.78, 5) is 108. The topological polar surface area (TPSA) is 253 Å². The van der Waals surface area contributed by atoms with Gasteiger partial charge in [-0.05, 0) is 123 Å². The van der Waals surface area contributed by atoms with Crippen LogP contribution in [0.2, 0.25) is 0 Å². The normalized spacial score (nSPS) is 16.5. The highest BCUT2D eigenvalue weighted by molar-refractivity contribution is 6.24. The number of nitrogens with zero attached hydrogens (tertiary/aromatic N) is 2. The van der Waals surface area contributed by atoms with Gasteiger partial charge in [-0.15, -0.1) is 0 Å². The number of carbonyl (C=O) groups excluding carboxylic acids is 8. The summed E-state index contributed by atoms with van der Waals surface area (Å²) in [6.07, 6.45) is 7.63. The van der Waals surface area contributed by atoms with E-state index in [2.05, 4.69) is 16.0 Å². The van der Waals surface area contributed by atoms with Crippen LogP contribution in [-0.2, 0) is 39.9 Å². The fourth-order valence-electron chi connectivity index (χ4n) is 10.6. The number of ether oxygens (including phenoxy) is 8. The molecule has 82 heavy (non-hydrogen) atoms. The summed E-state index contributed by atoms with van der Waals surface area (Å²) in [5.74, 6) is -1.66. The number of hydrogen-bond acceptors (Lipinski definition) is 16. The molecule has 0 bridgehead atoms. The molecule has 0 aromatic heterocycles. The van der Waals surface area contributed by atoms with Crippen LogP contribution in [-0.4, -0.2) is 138 Å². The highest BCUT2D eigenvalue weighted by atomic mass is 16.5. The molecule has 0 radical (unpaired) electrons. The van der Waals surface area contributed by atoms with Gasteiger partial charge in [0.1, 0.15) is 29.7 Å². The predicted octanol–water partition coefficient (Wildman–Crippen LogP) is 6.95. The van der Waals surface area contributed by atoms with Gasteiger partial charge in [0.15, 0.2) is 36.2 Å². The van der Waals surface area contributed by atoms with Crippen LogP contribution in [0.1, 0.15) is 140 Å². The lowest BCUT2D eigenvalue weighted by Gasteiger charge is -2.37. The smallest absolute Gasteiger partial charge is 0.329 e. The van der Waals surface area contributed by atoms with Crippen molar-refractivity contribution < 1.29 is 76.3 Å². The number of carbonyl (C=O) groups is 8. The van der Waals surface area contributed by atoms with Crippen LogP contribution < -0.4 is 49.1 Å². The van der Waals surface area contributed by atoms with Crippen molar-refractivity contribution in [3.05, 3.63) is 101 Å². The number of piperidine rings is 2. The Hall–Kier alpha value is -8.36. The first-order chi connectivity index (χ1) is 39.7. The average Bonchev–Trinajstić information content (AvgIpc) is 3.15. The number of benzene rings is 4. The number of esters is 1. The number of likely N-dealkylation sites (tertiary alicyclic amines) is 1. The average molecular weight is 1130 g/mol. The van der Waals surface area contributed by atoms with Gasteiger partial charge in [0.2, 0.25) is 23.5 Å². The van der Waals surface area contributed by atoms with Gasteiger partial charge in [0.05, 0.1) is 52.6 Å². The number of fused-ring (bicyclic) bond motifs is 1. The fraction of sp³-hybridized carbons (Fsp3) is 0.475. The van der Waals surface area contributed by atoms with E-state index in [0.717, 1.165) is 61.8 Å². The third kappa shape index (κ3) is 15.3. The maximum Gasteiger partial charge on any atom is 0.329 e.